The number of thioether (sulfide) groups is 1. The van der Waals surface area contributed by atoms with Crippen molar-refractivity contribution >= 4 is 16.9 Å². The zero-order chi connectivity index (χ0) is 12.8. The third-order valence-electron chi connectivity index (χ3n) is 4.20. The van der Waals surface area contributed by atoms with Crippen LogP contribution in [0.1, 0.15) is 65.2 Å². The van der Waals surface area contributed by atoms with Crippen LogP contribution in [0.5, 0.6) is 0 Å². The van der Waals surface area contributed by atoms with Crippen molar-refractivity contribution < 1.29 is 0 Å². The van der Waals surface area contributed by atoms with Crippen molar-refractivity contribution in [3.05, 3.63) is 0 Å². The fraction of sp³-hybridized carbons (Fsp3) is 0.933. The topological polar surface area (TPSA) is 24.4 Å². The summed E-state index contributed by atoms with van der Waals surface area (Å²) in [7, 11) is 0. The first-order valence-electron chi connectivity index (χ1n) is 7.76. The molecule has 0 aromatic rings. The second-order valence-electron chi connectivity index (χ2n) is 5.90. The van der Waals surface area contributed by atoms with E-state index in [1.807, 2.05) is 11.8 Å². The van der Waals surface area contributed by atoms with Crippen molar-refractivity contribution in [1.82, 2.24) is 5.32 Å². The highest BCUT2D eigenvalue weighted by atomic mass is 32.2. The summed E-state index contributed by atoms with van der Waals surface area (Å²) in [6.45, 7) is 4.56. The Morgan fingerprint density at radius 1 is 1.33 bits per heavy atom. The SMILES string of the molecule is CCCCCC(C)NC1=NC2CCCCC2CS1. The van der Waals surface area contributed by atoms with E-state index in [1.54, 1.807) is 0 Å². The lowest BCUT2D eigenvalue weighted by molar-refractivity contribution is 0.335. The number of nitrogens with one attached hydrogen (secondary N) is 1. The lowest BCUT2D eigenvalue weighted by Gasteiger charge is -2.33. The molecule has 2 rings (SSSR count). The maximum atomic E-state index is 4.94. The summed E-state index contributed by atoms with van der Waals surface area (Å²) in [4.78, 5) is 4.94. The summed E-state index contributed by atoms with van der Waals surface area (Å²) in [5.41, 5.74) is 0. The Morgan fingerprint density at radius 3 is 3.00 bits per heavy atom. The van der Waals surface area contributed by atoms with Gasteiger partial charge in [0.2, 0.25) is 0 Å². The van der Waals surface area contributed by atoms with Crippen molar-refractivity contribution in [3.63, 3.8) is 0 Å². The number of amidine groups is 1. The lowest BCUT2D eigenvalue weighted by atomic mass is 9.86. The summed E-state index contributed by atoms with van der Waals surface area (Å²) < 4.78 is 0. The highest BCUT2D eigenvalue weighted by molar-refractivity contribution is 8.13. The van der Waals surface area contributed by atoms with Crippen LogP contribution in [0.25, 0.3) is 0 Å². The Hall–Kier alpha value is -0.180. The first kappa shape index (κ1) is 14.2. The van der Waals surface area contributed by atoms with E-state index in [0.29, 0.717) is 12.1 Å². The Bertz CT molecular complexity index is 278. The fourth-order valence-corrected chi connectivity index (χ4v) is 4.24. The summed E-state index contributed by atoms with van der Waals surface area (Å²) >= 11 is 1.96. The standard InChI is InChI=1S/C15H28N2S/c1-3-4-5-8-12(2)16-15-17-14-10-7-6-9-13(14)11-18-15/h12-14H,3-11H2,1-2H3,(H,16,17). The fourth-order valence-electron chi connectivity index (χ4n) is 2.99. The molecule has 3 unspecified atom stereocenters. The van der Waals surface area contributed by atoms with E-state index in [9.17, 15) is 0 Å². The smallest absolute Gasteiger partial charge is 0.157 e. The Balaban J connectivity index is 1.76. The third-order valence-corrected chi connectivity index (χ3v) is 5.29. The van der Waals surface area contributed by atoms with E-state index >= 15 is 0 Å². The van der Waals surface area contributed by atoms with Crippen LogP contribution in [-0.2, 0) is 0 Å². The monoisotopic (exact) mass is 268 g/mol. The molecule has 1 aliphatic carbocycles. The van der Waals surface area contributed by atoms with Gasteiger partial charge in [0.1, 0.15) is 0 Å². The number of aliphatic imine (C=N–C) groups is 1. The van der Waals surface area contributed by atoms with Gasteiger partial charge in [0, 0.05) is 11.8 Å². The van der Waals surface area contributed by atoms with Gasteiger partial charge in [0.05, 0.1) is 6.04 Å². The molecule has 3 atom stereocenters. The van der Waals surface area contributed by atoms with Gasteiger partial charge < -0.3 is 5.32 Å². The van der Waals surface area contributed by atoms with Crippen LogP contribution < -0.4 is 5.32 Å². The molecule has 0 amide bonds. The number of hydrogen-bond donors (Lipinski definition) is 1. The third kappa shape index (κ3) is 4.18. The first-order chi connectivity index (χ1) is 8.79. The van der Waals surface area contributed by atoms with Crippen LogP contribution >= 0.6 is 11.8 Å². The van der Waals surface area contributed by atoms with Gasteiger partial charge in [0.15, 0.2) is 5.17 Å². The van der Waals surface area contributed by atoms with Gasteiger partial charge in [-0.2, -0.15) is 0 Å². The van der Waals surface area contributed by atoms with Crippen molar-refractivity contribution in [2.24, 2.45) is 10.9 Å². The molecule has 0 aromatic carbocycles. The summed E-state index contributed by atoms with van der Waals surface area (Å²) in [5, 5.41) is 4.85. The Kier molecular flexibility index (Phi) is 5.87. The normalized spacial score (nSPS) is 29.3. The van der Waals surface area contributed by atoms with E-state index in [4.69, 9.17) is 4.99 Å². The number of hydrogen-bond acceptors (Lipinski definition) is 3. The maximum Gasteiger partial charge on any atom is 0.157 e. The van der Waals surface area contributed by atoms with E-state index in [2.05, 4.69) is 19.2 Å². The summed E-state index contributed by atoms with van der Waals surface area (Å²) in [5.74, 6) is 2.16. The van der Waals surface area contributed by atoms with Gasteiger partial charge in [-0.1, -0.05) is 50.8 Å². The van der Waals surface area contributed by atoms with E-state index in [-0.39, 0.29) is 0 Å². The molecule has 104 valence electrons. The first-order valence-corrected chi connectivity index (χ1v) is 8.75. The molecule has 0 saturated heterocycles. The minimum Gasteiger partial charge on any atom is -0.362 e. The molecular formula is C15H28N2S. The van der Waals surface area contributed by atoms with Crippen LogP contribution in [0.3, 0.4) is 0 Å². The van der Waals surface area contributed by atoms with Crippen LogP contribution in [-0.4, -0.2) is 23.0 Å². The molecule has 1 heterocycles. The molecule has 3 heteroatoms. The second-order valence-corrected chi connectivity index (χ2v) is 6.91. The van der Waals surface area contributed by atoms with E-state index in [0.717, 1.165) is 5.92 Å². The van der Waals surface area contributed by atoms with Crippen molar-refractivity contribution in [2.45, 2.75) is 77.3 Å². The van der Waals surface area contributed by atoms with Crippen molar-refractivity contribution in [2.75, 3.05) is 5.75 Å². The average Bonchev–Trinajstić information content (AvgIpc) is 2.39. The molecule has 1 saturated carbocycles. The van der Waals surface area contributed by atoms with Gasteiger partial charge in [0.25, 0.3) is 0 Å². The van der Waals surface area contributed by atoms with Crippen LogP contribution in [0, 0.1) is 5.92 Å². The summed E-state index contributed by atoms with van der Waals surface area (Å²) in [6, 6.07) is 1.22. The molecule has 0 spiro atoms. The highest BCUT2D eigenvalue weighted by Gasteiger charge is 2.29. The number of fused-ring (bicyclic) bond motifs is 1. The molecule has 1 N–H and O–H groups in total. The Labute approximate surface area is 116 Å². The van der Waals surface area contributed by atoms with Crippen molar-refractivity contribution in [1.29, 1.82) is 0 Å². The molecule has 0 aromatic heterocycles. The predicted molar refractivity (Wildman–Crippen MR) is 82.4 cm³/mol. The zero-order valence-electron chi connectivity index (χ0n) is 12.0. The van der Waals surface area contributed by atoms with Gasteiger partial charge in [-0.25, -0.2) is 0 Å². The number of rotatable bonds is 5. The van der Waals surface area contributed by atoms with Crippen LogP contribution in [0.4, 0.5) is 0 Å². The van der Waals surface area contributed by atoms with Gasteiger partial charge in [-0.15, -0.1) is 0 Å². The zero-order valence-corrected chi connectivity index (χ0v) is 12.8. The van der Waals surface area contributed by atoms with Gasteiger partial charge >= 0.3 is 0 Å². The van der Waals surface area contributed by atoms with Crippen LogP contribution in [0.15, 0.2) is 4.99 Å². The van der Waals surface area contributed by atoms with E-state index < -0.39 is 0 Å². The molecular weight excluding hydrogens is 240 g/mol. The molecule has 2 nitrogen and oxygen atoms in total. The highest BCUT2D eigenvalue weighted by Crippen LogP contribution is 2.33. The minimum absolute atomic E-state index is 0.586. The Morgan fingerprint density at radius 2 is 2.17 bits per heavy atom. The van der Waals surface area contributed by atoms with Crippen molar-refractivity contribution in [3.8, 4) is 0 Å². The van der Waals surface area contributed by atoms with E-state index in [1.165, 1.54) is 62.3 Å². The van der Waals surface area contributed by atoms with Crippen LogP contribution in [0.2, 0.25) is 0 Å². The average molecular weight is 268 g/mol. The second kappa shape index (κ2) is 7.42. The predicted octanol–water partition coefficient (Wildman–Crippen LogP) is 4.21. The molecule has 0 bridgehead atoms. The maximum absolute atomic E-state index is 4.94. The number of unbranched alkanes of at least 4 members (excludes halogenated alkanes) is 2. The minimum atomic E-state index is 0.586. The van der Waals surface area contributed by atoms with Gasteiger partial charge in [-0.3, -0.25) is 4.99 Å². The molecule has 18 heavy (non-hydrogen) atoms. The summed E-state index contributed by atoms with van der Waals surface area (Å²) in [6.07, 6.45) is 10.8. The molecule has 2 aliphatic rings. The largest absolute Gasteiger partial charge is 0.362 e. The molecule has 0 radical (unpaired) electrons. The van der Waals surface area contributed by atoms with Gasteiger partial charge in [-0.05, 0) is 32.1 Å². The molecule has 1 aliphatic heterocycles. The number of nitrogens with zero attached hydrogens (tertiary/aromatic N) is 1. The quantitative estimate of drug-likeness (QED) is 0.755. The lowest BCUT2D eigenvalue weighted by Crippen LogP contribution is -2.38. The molecule has 1 fully saturated rings.